The van der Waals surface area contributed by atoms with Gasteiger partial charge in [0.1, 0.15) is 9.88 Å². The lowest BCUT2D eigenvalue weighted by atomic mass is 10.3. The largest absolute Gasteiger partial charge is 0.303 e. The number of hydrogen-bond acceptors (Lipinski definition) is 5. The maximum atomic E-state index is 11.4. The van der Waals surface area contributed by atoms with Gasteiger partial charge in [-0.1, -0.05) is 6.92 Å². The van der Waals surface area contributed by atoms with Crippen molar-refractivity contribution in [3.8, 4) is 0 Å². The molecule has 0 atom stereocenters. The fourth-order valence-electron chi connectivity index (χ4n) is 1.22. The predicted octanol–water partition coefficient (Wildman–Crippen LogP) is 0.371. The maximum absolute atomic E-state index is 11.4. The molecule has 0 aromatic carbocycles. The summed E-state index contributed by atoms with van der Waals surface area (Å²) in [6, 6.07) is 0. The average Bonchev–Trinajstić information content (AvgIpc) is 2.58. The van der Waals surface area contributed by atoms with E-state index in [1.807, 2.05) is 25.9 Å². The van der Waals surface area contributed by atoms with Crippen LogP contribution in [0.2, 0.25) is 0 Å². The SMILES string of the molecule is CCc1nc(CN(C)C)sc1C(=O)NN. The fourth-order valence-corrected chi connectivity index (χ4v) is 2.40. The Morgan fingerprint density at radius 3 is 2.73 bits per heavy atom. The molecule has 0 aliphatic carbocycles. The van der Waals surface area contributed by atoms with Crippen LogP contribution in [0.4, 0.5) is 0 Å². The molecule has 5 nitrogen and oxygen atoms in total. The zero-order chi connectivity index (χ0) is 11.4. The molecule has 0 radical (unpaired) electrons. The third-order valence-corrected chi connectivity index (χ3v) is 2.95. The quantitative estimate of drug-likeness (QED) is 0.444. The summed E-state index contributed by atoms with van der Waals surface area (Å²) in [6.45, 7) is 2.72. The molecule has 1 amide bonds. The highest BCUT2D eigenvalue weighted by Gasteiger charge is 2.15. The first-order chi connectivity index (χ1) is 7.08. The second-order valence-electron chi connectivity index (χ2n) is 3.45. The maximum Gasteiger partial charge on any atom is 0.277 e. The molecule has 0 aliphatic rings. The highest BCUT2D eigenvalue weighted by Crippen LogP contribution is 2.19. The van der Waals surface area contributed by atoms with E-state index >= 15 is 0 Å². The van der Waals surface area contributed by atoms with Crippen LogP contribution < -0.4 is 11.3 Å². The molecule has 1 heterocycles. The van der Waals surface area contributed by atoms with Crippen molar-refractivity contribution in [1.82, 2.24) is 15.3 Å². The summed E-state index contributed by atoms with van der Waals surface area (Å²) in [5.41, 5.74) is 2.96. The normalized spacial score (nSPS) is 10.7. The van der Waals surface area contributed by atoms with Crippen molar-refractivity contribution >= 4 is 17.2 Å². The van der Waals surface area contributed by atoms with Gasteiger partial charge in [-0.05, 0) is 20.5 Å². The van der Waals surface area contributed by atoms with E-state index in [2.05, 4.69) is 10.4 Å². The molecule has 0 aliphatic heterocycles. The van der Waals surface area contributed by atoms with Crippen LogP contribution in [0.5, 0.6) is 0 Å². The summed E-state index contributed by atoms with van der Waals surface area (Å²) in [5.74, 6) is 4.85. The van der Waals surface area contributed by atoms with Gasteiger partial charge in [0.25, 0.3) is 5.91 Å². The second kappa shape index (κ2) is 5.20. The Bertz CT molecular complexity index is 348. The summed E-state index contributed by atoms with van der Waals surface area (Å²) in [7, 11) is 3.94. The number of carbonyl (C=O) groups is 1. The number of hydrogen-bond donors (Lipinski definition) is 2. The molecule has 15 heavy (non-hydrogen) atoms. The van der Waals surface area contributed by atoms with Crippen LogP contribution in [0.25, 0.3) is 0 Å². The minimum Gasteiger partial charge on any atom is -0.303 e. The molecule has 0 bridgehead atoms. The summed E-state index contributed by atoms with van der Waals surface area (Å²) >= 11 is 1.40. The predicted molar refractivity (Wildman–Crippen MR) is 60.5 cm³/mol. The fraction of sp³-hybridized carbons (Fsp3) is 0.556. The number of amides is 1. The Morgan fingerprint density at radius 2 is 2.27 bits per heavy atom. The van der Waals surface area contributed by atoms with Gasteiger partial charge < -0.3 is 4.90 Å². The molecule has 0 saturated carbocycles. The summed E-state index contributed by atoms with van der Waals surface area (Å²) in [4.78, 5) is 18.4. The van der Waals surface area contributed by atoms with E-state index in [9.17, 15) is 4.79 Å². The number of nitrogens with two attached hydrogens (primary N) is 1. The van der Waals surface area contributed by atoms with Crippen LogP contribution in [0, 0.1) is 0 Å². The molecular formula is C9H16N4OS. The van der Waals surface area contributed by atoms with Crippen LogP contribution >= 0.6 is 11.3 Å². The first-order valence-corrected chi connectivity index (χ1v) is 5.54. The molecule has 6 heteroatoms. The lowest BCUT2D eigenvalue weighted by Gasteiger charge is -2.04. The van der Waals surface area contributed by atoms with Gasteiger partial charge in [-0.2, -0.15) is 0 Å². The lowest BCUT2D eigenvalue weighted by Crippen LogP contribution is -2.30. The molecule has 1 rings (SSSR count). The first kappa shape index (κ1) is 12.1. The number of aryl methyl sites for hydroxylation is 1. The van der Waals surface area contributed by atoms with Crippen molar-refractivity contribution in [3.05, 3.63) is 15.6 Å². The molecule has 84 valence electrons. The Kier molecular flexibility index (Phi) is 4.19. The van der Waals surface area contributed by atoms with Crippen LogP contribution in [-0.4, -0.2) is 29.9 Å². The Labute approximate surface area is 93.3 Å². The van der Waals surface area contributed by atoms with Gasteiger partial charge in [0.05, 0.1) is 5.69 Å². The van der Waals surface area contributed by atoms with Gasteiger partial charge in [-0.3, -0.25) is 10.2 Å². The third kappa shape index (κ3) is 2.98. The molecule has 0 unspecified atom stereocenters. The van der Waals surface area contributed by atoms with Gasteiger partial charge >= 0.3 is 0 Å². The zero-order valence-electron chi connectivity index (χ0n) is 9.20. The number of thiazole rings is 1. The zero-order valence-corrected chi connectivity index (χ0v) is 10.0. The number of rotatable bonds is 4. The van der Waals surface area contributed by atoms with E-state index in [1.165, 1.54) is 11.3 Å². The van der Waals surface area contributed by atoms with E-state index in [-0.39, 0.29) is 5.91 Å². The Hall–Kier alpha value is -0.980. The standard InChI is InChI=1S/C9H16N4OS/c1-4-6-8(9(14)12-10)15-7(11-6)5-13(2)3/h4-5,10H2,1-3H3,(H,12,14). The number of aromatic nitrogens is 1. The van der Waals surface area contributed by atoms with Gasteiger partial charge in [-0.25, -0.2) is 10.8 Å². The number of hydrazine groups is 1. The van der Waals surface area contributed by atoms with Crippen molar-refractivity contribution in [2.75, 3.05) is 14.1 Å². The van der Waals surface area contributed by atoms with Crippen LogP contribution in [0.15, 0.2) is 0 Å². The highest BCUT2D eigenvalue weighted by molar-refractivity contribution is 7.13. The second-order valence-corrected chi connectivity index (χ2v) is 4.53. The van der Waals surface area contributed by atoms with E-state index in [1.54, 1.807) is 0 Å². The topological polar surface area (TPSA) is 71.2 Å². The van der Waals surface area contributed by atoms with Crippen molar-refractivity contribution in [2.24, 2.45) is 5.84 Å². The highest BCUT2D eigenvalue weighted by atomic mass is 32.1. The molecule has 1 aromatic heterocycles. The van der Waals surface area contributed by atoms with Crippen molar-refractivity contribution in [1.29, 1.82) is 0 Å². The summed E-state index contributed by atoms with van der Waals surface area (Å²) < 4.78 is 0. The summed E-state index contributed by atoms with van der Waals surface area (Å²) in [6.07, 6.45) is 0.743. The minimum atomic E-state index is -0.255. The molecule has 3 N–H and O–H groups in total. The van der Waals surface area contributed by atoms with Gasteiger partial charge in [0.2, 0.25) is 0 Å². The summed E-state index contributed by atoms with van der Waals surface area (Å²) in [5, 5.41) is 0.940. The number of nitrogens with zero attached hydrogens (tertiary/aromatic N) is 2. The van der Waals surface area contributed by atoms with Gasteiger partial charge in [0.15, 0.2) is 0 Å². The average molecular weight is 228 g/mol. The van der Waals surface area contributed by atoms with E-state index in [4.69, 9.17) is 5.84 Å². The molecule has 0 saturated heterocycles. The van der Waals surface area contributed by atoms with E-state index in [0.29, 0.717) is 4.88 Å². The van der Waals surface area contributed by atoms with Crippen molar-refractivity contribution < 1.29 is 4.79 Å². The van der Waals surface area contributed by atoms with Crippen LogP contribution in [0.1, 0.15) is 27.3 Å². The van der Waals surface area contributed by atoms with Crippen LogP contribution in [-0.2, 0) is 13.0 Å². The third-order valence-electron chi connectivity index (χ3n) is 1.87. The van der Waals surface area contributed by atoms with Crippen LogP contribution in [0.3, 0.4) is 0 Å². The number of carbonyl (C=O) groups excluding carboxylic acids is 1. The first-order valence-electron chi connectivity index (χ1n) is 4.72. The molecule has 0 fully saturated rings. The monoisotopic (exact) mass is 228 g/mol. The van der Waals surface area contributed by atoms with E-state index in [0.717, 1.165) is 23.7 Å². The van der Waals surface area contributed by atoms with Gasteiger partial charge in [0, 0.05) is 6.54 Å². The number of nitrogens with one attached hydrogen (secondary N) is 1. The Balaban J connectivity index is 2.95. The lowest BCUT2D eigenvalue weighted by molar-refractivity contribution is 0.0956. The van der Waals surface area contributed by atoms with E-state index < -0.39 is 0 Å². The van der Waals surface area contributed by atoms with Crippen molar-refractivity contribution in [2.45, 2.75) is 19.9 Å². The minimum absolute atomic E-state index is 0.255. The molecule has 1 aromatic rings. The van der Waals surface area contributed by atoms with Crippen molar-refractivity contribution in [3.63, 3.8) is 0 Å². The smallest absolute Gasteiger partial charge is 0.277 e. The van der Waals surface area contributed by atoms with Gasteiger partial charge in [-0.15, -0.1) is 11.3 Å². The Morgan fingerprint density at radius 1 is 1.60 bits per heavy atom. The number of nitrogen functional groups attached to an aromatic ring is 1. The molecular weight excluding hydrogens is 212 g/mol. The molecule has 0 spiro atoms.